The Morgan fingerprint density at radius 2 is 0.600 bits per heavy atom. The lowest BCUT2D eigenvalue weighted by atomic mass is 9.96. The highest BCUT2D eigenvalue weighted by Crippen LogP contribution is 2.34. The van der Waals surface area contributed by atoms with E-state index < -0.39 is 124 Å². The molecule has 3 rings (SSSR count). The van der Waals surface area contributed by atoms with Gasteiger partial charge in [-0.15, -0.1) is 0 Å². The highest BCUT2D eigenvalue weighted by molar-refractivity contribution is 5.76. The molecule has 0 spiro atoms. The molecule has 115 heavy (non-hydrogen) atoms. The van der Waals surface area contributed by atoms with Crippen LogP contribution < -0.4 is 5.32 Å². The van der Waals surface area contributed by atoms with Crippen molar-refractivity contribution < 1.29 is 89.4 Å². The molecule has 3 aliphatic rings. The quantitative estimate of drug-likeness (QED) is 0.0199. The van der Waals surface area contributed by atoms with Gasteiger partial charge in [-0.25, -0.2) is 0 Å². The summed E-state index contributed by atoms with van der Waals surface area (Å²) in [5.41, 5.74) is 0. The largest absolute Gasteiger partial charge is 0.394 e. The zero-order valence-corrected chi connectivity index (χ0v) is 72.5. The van der Waals surface area contributed by atoms with E-state index in [9.17, 15) is 61.0 Å². The Morgan fingerprint density at radius 1 is 0.322 bits per heavy atom. The van der Waals surface area contributed by atoms with Crippen LogP contribution in [0.15, 0.2) is 85.1 Å². The van der Waals surface area contributed by atoms with Gasteiger partial charge in [-0.2, -0.15) is 0 Å². The number of aliphatic hydroxyl groups is 11. The smallest absolute Gasteiger partial charge is 0.220 e. The van der Waals surface area contributed by atoms with E-state index in [0.29, 0.717) is 12.8 Å². The number of rotatable bonds is 77. The van der Waals surface area contributed by atoms with Crippen molar-refractivity contribution in [3.8, 4) is 0 Å². The van der Waals surface area contributed by atoms with Gasteiger partial charge in [0.25, 0.3) is 0 Å². The molecule has 3 heterocycles. The van der Waals surface area contributed by atoms with E-state index in [1.807, 2.05) is 0 Å². The molecule has 3 aliphatic heterocycles. The molecule has 19 heteroatoms. The summed E-state index contributed by atoms with van der Waals surface area (Å²) in [7, 11) is 0. The van der Waals surface area contributed by atoms with Gasteiger partial charge in [0, 0.05) is 6.42 Å². The molecule has 0 aliphatic carbocycles. The number of nitrogens with one attached hydrogen (secondary N) is 1. The Morgan fingerprint density at radius 3 is 0.939 bits per heavy atom. The molecule has 17 unspecified atom stereocenters. The standard InChI is InChI=1S/C96H173NO18/c1-3-5-7-9-11-13-15-17-19-21-23-25-27-29-31-33-35-37-38-39-40-42-44-46-48-50-52-54-56-58-60-62-64-66-68-70-72-74-84(102)97-79(80(101)73-71-69-67-65-63-61-59-57-55-53-51-49-47-45-43-41-36-34-32-30-28-26-24-22-20-18-16-14-12-10-8-6-4-2)78-110-94-90(108)87(105)92(82(76-99)112-94)115-96-91(109)88(106)93(83(77-100)113-96)114-95-89(107)86(104)85(103)81(75-98)111-95/h5,7,11,13,17,19,23,25,29,31,35,37,39-40,79-83,85-96,98-101,103-109H,3-4,6,8-10,12,14-16,18,20-22,24,26-28,30,32-34,36,38,41-78H2,1-2H3,(H,97,102)/b7-5-,13-11-,19-17-,25-23-,31-29-,37-35-,40-39-. The van der Waals surface area contributed by atoms with Gasteiger partial charge in [-0.3, -0.25) is 4.79 Å². The summed E-state index contributed by atoms with van der Waals surface area (Å²) in [5, 5.41) is 122. The van der Waals surface area contributed by atoms with Gasteiger partial charge in [0.1, 0.15) is 73.2 Å². The number of amides is 1. The third kappa shape index (κ3) is 52.8. The van der Waals surface area contributed by atoms with Crippen LogP contribution in [0.1, 0.15) is 386 Å². The van der Waals surface area contributed by atoms with Crippen molar-refractivity contribution in [3.63, 3.8) is 0 Å². The van der Waals surface area contributed by atoms with E-state index in [2.05, 4.69) is 104 Å². The maximum atomic E-state index is 13.6. The molecule has 0 bridgehead atoms. The Bertz CT molecular complexity index is 2400. The normalized spacial score (nSPS) is 25.0. The van der Waals surface area contributed by atoms with Crippen molar-refractivity contribution in [2.45, 2.75) is 491 Å². The maximum absolute atomic E-state index is 13.6. The summed E-state index contributed by atoms with van der Waals surface area (Å²) in [5.74, 6) is -0.239. The molecule has 3 saturated heterocycles. The van der Waals surface area contributed by atoms with Crippen LogP contribution in [0.5, 0.6) is 0 Å². The number of hydrogen-bond donors (Lipinski definition) is 12. The van der Waals surface area contributed by atoms with Crippen molar-refractivity contribution in [3.05, 3.63) is 85.1 Å². The zero-order chi connectivity index (χ0) is 83.1. The van der Waals surface area contributed by atoms with Crippen LogP contribution in [0.2, 0.25) is 0 Å². The third-order valence-corrected chi connectivity index (χ3v) is 23.2. The fraction of sp³-hybridized carbons (Fsp3) is 0.844. The minimum Gasteiger partial charge on any atom is -0.394 e. The van der Waals surface area contributed by atoms with Crippen molar-refractivity contribution in [2.75, 3.05) is 26.4 Å². The Balaban J connectivity index is 1.30. The summed E-state index contributed by atoms with van der Waals surface area (Å²) < 4.78 is 34.6. The lowest BCUT2D eigenvalue weighted by Crippen LogP contribution is -2.66. The van der Waals surface area contributed by atoms with Crippen LogP contribution in [-0.4, -0.2) is 193 Å². The van der Waals surface area contributed by atoms with Crippen LogP contribution in [-0.2, 0) is 33.2 Å². The van der Waals surface area contributed by atoms with E-state index in [-0.39, 0.29) is 18.9 Å². The maximum Gasteiger partial charge on any atom is 0.220 e. The fourth-order valence-electron chi connectivity index (χ4n) is 15.8. The summed E-state index contributed by atoms with van der Waals surface area (Å²) in [6, 6.07) is -0.894. The predicted molar refractivity (Wildman–Crippen MR) is 466 cm³/mol. The minimum absolute atomic E-state index is 0.239. The van der Waals surface area contributed by atoms with Gasteiger partial charge < -0.3 is 89.9 Å². The fourth-order valence-corrected chi connectivity index (χ4v) is 15.8. The summed E-state index contributed by atoms with van der Waals surface area (Å²) in [4.78, 5) is 13.6. The van der Waals surface area contributed by atoms with E-state index in [0.717, 1.165) is 96.3 Å². The molecule has 19 nitrogen and oxygen atoms in total. The van der Waals surface area contributed by atoms with Crippen molar-refractivity contribution in [1.29, 1.82) is 0 Å². The zero-order valence-electron chi connectivity index (χ0n) is 72.5. The molecular formula is C96H173NO18. The highest BCUT2D eigenvalue weighted by atomic mass is 16.8. The number of hydrogen-bond acceptors (Lipinski definition) is 18. The van der Waals surface area contributed by atoms with Gasteiger partial charge in [0.15, 0.2) is 18.9 Å². The van der Waals surface area contributed by atoms with Crippen LogP contribution in [0.3, 0.4) is 0 Å². The number of allylic oxidation sites excluding steroid dienone is 14. The molecule has 17 atom stereocenters. The van der Waals surface area contributed by atoms with Crippen LogP contribution in [0.25, 0.3) is 0 Å². The first-order valence-electron chi connectivity index (χ1n) is 47.3. The second-order valence-electron chi connectivity index (χ2n) is 33.5. The van der Waals surface area contributed by atoms with Crippen LogP contribution in [0, 0.1) is 0 Å². The molecule has 0 radical (unpaired) electrons. The van der Waals surface area contributed by atoms with Gasteiger partial charge in [0.05, 0.1) is 38.6 Å². The molecule has 3 fully saturated rings. The second-order valence-corrected chi connectivity index (χ2v) is 33.5. The van der Waals surface area contributed by atoms with Crippen LogP contribution in [0.4, 0.5) is 0 Å². The summed E-state index contributed by atoms with van der Waals surface area (Å²) in [6.45, 7) is 1.74. The van der Waals surface area contributed by atoms with E-state index in [1.54, 1.807) is 0 Å². The molecule has 1 amide bonds. The number of unbranched alkanes of at least 4 members (excludes halogenated alkanes) is 47. The Kier molecular flexibility index (Phi) is 69.0. The molecular weight excluding hydrogens is 1460 g/mol. The number of carbonyl (C=O) groups excluding carboxylic acids is 1. The molecule has 670 valence electrons. The summed E-state index contributed by atoms with van der Waals surface area (Å²) >= 11 is 0. The van der Waals surface area contributed by atoms with Crippen molar-refractivity contribution in [2.24, 2.45) is 0 Å². The van der Waals surface area contributed by atoms with Crippen molar-refractivity contribution in [1.82, 2.24) is 5.32 Å². The first kappa shape index (κ1) is 106. The Hall–Kier alpha value is -3.03. The minimum atomic E-state index is -1.98. The van der Waals surface area contributed by atoms with E-state index >= 15 is 0 Å². The highest BCUT2D eigenvalue weighted by Gasteiger charge is 2.54. The Labute approximate surface area is 699 Å². The van der Waals surface area contributed by atoms with Crippen LogP contribution >= 0.6 is 0 Å². The molecule has 0 aromatic rings. The molecule has 12 N–H and O–H groups in total. The number of carbonyl (C=O) groups is 1. The van der Waals surface area contributed by atoms with Gasteiger partial charge in [-0.05, 0) is 70.6 Å². The molecule has 0 aromatic heterocycles. The van der Waals surface area contributed by atoms with E-state index in [4.69, 9.17) is 28.4 Å². The third-order valence-electron chi connectivity index (χ3n) is 23.2. The predicted octanol–water partition coefficient (Wildman–Crippen LogP) is 18.9. The monoisotopic (exact) mass is 1630 g/mol. The van der Waals surface area contributed by atoms with Gasteiger partial charge >= 0.3 is 0 Å². The van der Waals surface area contributed by atoms with Gasteiger partial charge in [-0.1, -0.05) is 394 Å². The SMILES string of the molecule is CC/C=C\C/C=C\C/C=C\C/C=C\C/C=C\C/C=C\C/C=C\CCCCCCCCCCCCCCCCCC(=O)NC(COC1OC(CO)C(OC2OC(CO)C(OC3OC(CO)C(O)C(O)C3O)C(O)C2O)C(O)C1O)C(O)CCCCCCCCCCCCCCCCCCCCCCCCCCCCCCCCCCC. The summed E-state index contributed by atoms with van der Waals surface area (Å²) in [6.07, 6.45) is 75.5. The number of aliphatic hydroxyl groups excluding tert-OH is 11. The first-order chi connectivity index (χ1) is 56.3. The second kappa shape index (κ2) is 74.8. The topological polar surface area (TPSA) is 307 Å². The lowest BCUT2D eigenvalue weighted by molar-refractivity contribution is -0.379. The van der Waals surface area contributed by atoms with E-state index in [1.165, 1.54) is 257 Å². The first-order valence-corrected chi connectivity index (χ1v) is 47.3. The van der Waals surface area contributed by atoms with Crippen molar-refractivity contribution >= 4 is 5.91 Å². The molecule has 0 saturated carbocycles. The average Bonchev–Trinajstić information content (AvgIpc) is 0.779. The average molecular weight is 1630 g/mol. The molecule has 0 aromatic carbocycles. The number of ether oxygens (including phenoxy) is 6. The van der Waals surface area contributed by atoms with Gasteiger partial charge in [0.2, 0.25) is 5.91 Å². The lowest BCUT2D eigenvalue weighted by Gasteiger charge is -2.48.